The fraction of sp³-hybridized carbons (Fsp3) is 0.462. The molecule has 0 aromatic heterocycles. The molecule has 1 aromatic rings. The fourth-order valence-corrected chi connectivity index (χ4v) is 2.15. The molecule has 1 aliphatic rings. The molecule has 2 unspecified atom stereocenters. The van der Waals surface area contributed by atoms with Crippen molar-refractivity contribution in [2.75, 3.05) is 18.9 Å². The van der Waals surface area contributed by atoms with Crippen LogP contribution in [-0.2, 0) is 0 Å². The summed E-state index contributed by atoms with van der Waals surface area (Å²) in [6.07, 6.45) is 1.13. The Morgan fingerprint density at radius 1 is 1.53 bits per heavy atom. The summed E-state index contributed by atoms with van der Waals surface area (Å²) in [5, 5.41) is 16.5. The number of carbonyl (C=O) groups is 1. The number of amides is 1. The minimum Gasteiger partial charge on any atom is -0.382 e. The molecule has 2 rings (SSSR count). The standard InChI is InChI=1S/C13H17N3O3/c1-8-6-9(8)7-15-13(17)10-4-3-5-11(16(18)19)12(10)14-2/h3-5,8-9,14H,6-7H2,1-2H3,(H,15,17). The van der Waals surface area contributed by atoms with Crippen molar-refractivity contribution in [3.8, 4) is 0 Å². The molecule has 1 saturated carbocycles. The van der Waals surface area contributed by atoms with Gasteiger partial charge in [-0.1, -0.05) is 13.0 Å². The fourth-order valence-electron chi connectivity index (χ4n) is 2.15. The predicted molar refractivity (Wildman–Crippen MR) is 72.2 cm³/mol. The molecule has 6 heteroatoms. The number of benzene rings is 1. The summed E-state index contributed by atoms with van der Waals surface area (Å²) in [4.78, 5) is 22.5. The first-order chi connectivity index (χ1) is 9.04. The van der Waals surface area contributed by atoms with E-state index in [2.05, 4.69) is 17.6 Å². The minimum atomic E-state index is -0.494. The average Bonchev–Trinajstić information content (AvgIpc) is 3.10. The van der Waals surface area contributed by atoms with Gasteiger partial charge in [0.05, 0.1) is 10.5 Å². The molecule has 0 saturated heterocycles. The molecular formula is C13H17N3O3. The summed E-state index contributed by atoms with van der Waals surface area (Å²) < 4.78 is 0. The smallest absolute Gasteiger partial charge is 0.293 e. The average molecular weight is 263 g/mol. The van der Waals surface area contributed by atoms with E-state index in [9.17, 15) is 14.9 Å². The zero-order valence-electron chi connectivity index (χ0n) is 11.0. The second kappa shape index (κ2) is 5.26. The molecule has 1 aromatic carbocycles. The van der Waals surface area contributed by atoms with Crippen LogP contribution in [0.4, 0.5) is 11.4 Å². The van der Waals surface area contributed by atoms with Crippen molar-refractivity contribution in [3.63, 3.8) is 0 Å². The SMILES string of the molecule is CNc1c(C(=O)NCC2CC2C)cccc1[N+](=O)[O-]. The first kappa shape index (κ1) is 13.3. The van der Waals surface area contributed by atoms with Crippen molar-refractivity contribution in [1.82, 2.24) is 5.32 Å². The first-order valence-electron chi connectivity index (χ1n) is 6.28. The van der Waals surface area contributed by atoms with E-state index in [1.165, 1.54) is 12.1 Å². The minimum absolute atomic E-state index is 0.0880. The normalized spacial score (nSPS) is 20.7. The van der Waals surface area contributed by atoms with Crippen molar-refractivity contribution in [1.29, 1.82) is 0 Å². The Kier molecular flexibility index (Phi) is 3.69. The van der Waals surface area contributed by atoms with Gasteiger partial charge in [0.2, 0.25) is 0 Å². The zero-order chi connectivity index (χ0) is 14.0. The number of nitrogens with zero attached hydrogens (tertiary/aromatic N) is 1. The van der Waals surface area contributed by atoms with Gasteiger partial charge in [0.25, 0.3) is 11.6 Å². The highest BCUT2D eigenvalue weighted by atomic mass is 16.6. The Labute approximate surface area is 111 Å². The van der Waals surface area contributed by atoms with Gasteiger partial charge in [0, 0.05) is 19.7 Å². The molecule has 6 nitrogen and oxygen atoms in total. The summed E-state index contributed by atoms with van der Waals surface area (Å²) in [6, 6.07) is 4.49. The lowest BCUT2D eigenvalue weighted by Gasteiger charge is -2.09. The number of para-hydroxylation sites is 1. The van der Waals surface area contributed by atoms with Crippen LogP contribution in [0.1, 0.15) is 23.7 Å². The largest absolute Gasteiger partial charge is 0.382 e. The second-order valence-electron chi connectivity index (χ2n) is 4.89. The molecule has 1 fully saturated rings. The number of rotatable bonds is 5. The maximum atomic E-state index is 12.1. The molecule has 1 aliphatic carbocycles. The second-order valence-corrected chi connectivity index (χ2v) is 4.89. The van der Waals surface area contributed by atoms with Gasteiger partial charge in [-0.3, -0.25) is 14.9 Å². The van der Waals surface area contributed by atoms with Gasteiger partial charge in [0.15, 0.2) is 0 Å². The summed E-state index contributed by atoms with van der Waals surface area (Å²) in [7, 11) is 1.57. The van der Waals surface area contributed by atoms with E-state index >= 15 is 0 Å². The molecule has 2 N–H and O–H groups in total. The Morgan fingerprint density at radius 3 is 2.74 bits per heavy atom. The lowest BCUT2D eigenvalue weighted by Crippen LogP contribution is -2.26. The Bertz CT molecular complexity index is 516. The Morgan fingerprint density at radius 2 is 2.21 bits per heavy atom. The third kappa shape index (κ3) is 2.83. The molecule has 0 bridgehead atoms. The molecule has 19 heavy (non-hydrogen) atoms. The topological polar surface area (TPSA) is 84.3 Å². The van der Waals surface area contributed by atoms with Crippen LogP contribution in [0.3, 0.4) is 0 Å². The van der Waals surface area contributed by atoms with Crippen LogP contribution in [0.25, 0.3) is 0 Å². The highest BCUT2D eigenvalue weighted by Crippen LogP contribution is 2.37. The van der Waals surface area contributed by atoms with E-state index in [1.54, 1.807) is 13.1 Å². The van der Waals surface area contributed by atoms with Crippen molar-refractivity contribution in [2.45, 2.75) is 13.3 Å². The molecule has 2 atom stereocenters. The number of hydrogen-bond donors (Lipinski definition) is 2. The van der Waals surface area contributed by atoms with Crippen molar-refractivity contribution < 1.29 is 9.72 Å². The van der Waals surface area contributed by atoms with Gasteiger partial charge in [-0.05, 0) is 24.3 Å². The summed E-state index contributed by atoms with van der Waals surface area (Å²) >= 11 is 0. The monoisotopic (exact) mass is 263 g/mol. The highest BCUT2D eigenvalue weighted by molar-refractivity contribution is 6.01. The quantitative estimate of drug-likeness (QED) is 0.628. The third-order valence-corrected chi connectivity index (χ3v) is 3.53. The Balaban J connectivity index is 2.16. The lowest BCUT2D eigenvalue weighted by molar-refractivity contribution is -0.384. The third-order valence-electron chi connectivity index (χ3n) is 3.53. The Hall–Kier alpha value is -2.11. The van der Waals surface area contributed by atoms with Gasteiger partial charge in [0.1, 0.15) is 5.69 Å². The molecule has 1 amide bonds. The van der Waals surface area contributed by atoms with Crippen molar-refractivity contribution >= 4 is 17.3 Å². The van der Waals surface area contributed by atoms with Gasteiger partial charge >= 0.3 is 0 Å². The number of nitro benzene ring substituents is 1. The van der Waals surface area contributed by atoms with Gasteiger partial charge in [-0.15, -0.1) is 0 Å². The van der Waals surface area contributed by atoms with E-state index in [4.69, 9.17) is 0 Å². The van der Waals surface area contributed by atoms with Crippen LogP contribution >= 0.6 is 0 Å². The molecule has 102 valence electrons. The predicted octanol–water partition coefficient (Wildman–Crippen LogP) is 2.02. The number of anilines is 1. The molecule has 0 aliphatic heterocycles. The van der Waals surface area contributed by atoms with Crippen LogP contribution in [-0.4, -0.2) is 24.4 Å². The summed E-state index contributed by atoms with van der Waals surface area (Å²) in [6.45, 7) is 2.77. The van der Waals surface area contributed by atoms with E-state index < -0.39 is 4.92 Å². The van der Waals surface area contributed by atoms with Crippen LogP contribution in [0.5, 0.6) is 0 Å². The zero-order valence-corrected chi connectivity index (χ0v) is 11.0. The van der Waals surface area contributed by atoms with Gasteiger partial charge < -0.3 is 10.6 Å². The van der Waals surface area contributed by atoms with E-state index in [0.717, 1.165) is 6.42 Å². The van der Waals surface area contributed by atoms with E-state index in [-0.39, 0.29) is 17.3 Å². The number of nitro groups is 1. The molecule has 0 radical (unpaired) electrons. The first-order valence-corrected chi connectivity index (χ1v) is 6.28. The van der Waals surface area contributed by atoms with E-state index in [1.807, 2.05) is 0 Å². The van der Waals surface area contributed by atoms with Gasteiger partial charge in [-0.25, -0.2) is 0 Å². The number of carbonyl (C=O) groups excluding carboxylic acids is 1. The maximum Gasteiger partial charge on any atom is 0.293 e. The molecule has 0 heterocycles. The van der Waals surface area contributed by atoms with Crippen LogP contribution in [0, 0.1) is 22.0 Å². The van der Waals surface area contributed by atoms with Crippen LogP contribution in [0.15, 0.2) is 18.2 Å². The number of nitrogens with one attached hydrogen (secondary N) is 2. The molecular weight excluding hydrogens is 246 g/mol. The number of hydrogen-bond acceptors (Lipinski definition) is 4. The van der Waals surface area contributed by atoms with Crippen molar-refractivity contribution in [3.05, 3.63) is 33.9 Å². The van der Waals surface area contributed by atoms with Crippen LogP contribution < -0.4 is 10.6 Å². The maximum absolute atomic E-state index is 12.1. The van der Waals surface area contributed by atoms with Crippen molar-refractivity contribution in [2.24, 2.45) is 11.8 Å². The summed E-state index contributed by atoms with van der Waals surface area (Å²) in [5.41, 5.74) is 0.480. The molecule has 0 spiro atoms. The van der Waals surface area contributed by atoms with E-state index in [0.29, 0.717) is 23.9 Å². The highest BCUT2D eigenvalue weighted by Gasteiger charge is 2.32. The van der Waals surface area contributed by atoms with Gasteiger partial charge in [-0.2, -0.15) is 0 Å². The van der Waals surface area contributed by atoms with Crippen LogP contribution in [0.2, 0.25) is 0 Å². The summed E-state index contributed by atoms with van der Waals surface area (Å²) in [5.74, 6) is 0.932. The lowest BCUT2D eigenvalue weighted by atomic mass is 10.1.